The van der Waals surface area contributed by atoms with Crippen molar-refractivity contribution in [1.29, 1.82) is 0 Å². The first-order chi connectivity index (χ1) is 16.1. The Hall–Kier alpha value is -1.26. The Morgan fingerprint density at radius 2 is 1.65 bits per heavy atom. The molecule has 3 rings (SSSR count). The normalized spacial score (nSPS) is 21.4. The number of nitrogens with one attached hydrogen (secondary N) is 2. The number of allylic oxidation sites excluding steroid dienone is 2. The van der Waals surface area contributed by atoms with Gasteiger partial charge in [0.1, 0.15) is 0 Å². The highest BCUT2D eigenvalue weighted by Crippen LogP contribution is 2.34. The SMILES string of the molecule is CC(CNS(=O)(=O)C(C)C)C1CC=C(c2ccc(CCNS(=O)(=O)N3CCCCC3)cc2)CC1. The molecule has 0 spiro atoms. The minimum Gasteiger partial charge on any atom is -0.215 e. The van der Waals surface area contributed by atoms with E-state index in [0.29, 0.717) is 44.4 Å². The number of hydrogen-bond donors (Lipinski definition) is 2. The molecular weight excluding hydrogens is 470 g/mol. The molecule has 0 amide bonds. The molecule has 1 heterocycles. The standard InChI is InChI=1S/C25H41N3O4S2/c1-20(2)33(29,30)27-19-21(3)23-11-13-25(14-12-23)24-9-7-22(8-10-24)15-16-26-34(31,32)28-17-5-4-6-18-28/h7-10,13,20-21,23,26-27H,4-6,11-12,14-19H2,1-3H3. The Balaban J connectivity index is 1.46. The quantitative estimate of drug-likeness (QED) is 0.474. The minimum atomic E-state index is -3.37. The predicted molar refractivity (Wildman–Crippen MR) is 139 cm³/mol. The average Bonchev–Trinajstić information content (AvgIpc) is 2.83. The fraction of sp³-hybridized carbons (Fsp3) is 0.680. The second-order valence-electron chi connectivity index (χ2n) is 9.99. The van der Waals surface area contributed by atoms with Crippen molar-refractivity contribution >= 4 is 25.8 Å². The average molecular weight is 512 g/mol. The van der Waals surface area contributed by atoms with Crippen LogP contribution in [0.4, 0.5) is 0 Å². The van der Waals surface area contributed by atoms with Gasteiger partial charge in [-0.25, -0.2) is 17.9 Å². The van der Waals surface area contributed by atoms with E-state index in [4.69, 9.17) is 0 Å². The highest BCUT2D eigenvalue weighted by atomic mass is 32.2. The van der Waals surface area contributed by atoms with E-state index < -0.39 is 25.5 Å². The molecule has 1 aliphatic heterocycles. The van der Waals surface area contributed by atoms with Gasteiger partial charge in [0.15, 0.2) is 0 Å². The number of sulfonamides is 1. The molecule has 0 radical (unpaired) electrons. The molecule has 192 valence electrons. The Kier molecular flexibility index (Phi) is 9.74. The van der Waals surface area contributed by atoms with Gasteiger partial charge in [-0.2, -0.15) is 12.7 Å². The molecule has 1 fully saturated rings. The van der Waals surface area contributed by atoms with Crippen molar-refractivity contribution in [2.75, 3.05) is 26.2 Å². The second-order valence-corrected chi connectivity index (χ2v) is 14.1. The molecule has 1 aliphatic carbocycles. The third-order valence-electron chi connectivity index (χ3n) is 7.16. The number of rotatable bonds is 11. The summed E-state index contributed by atoms with van der Waals surface area (Å²) in [6, 6.07) is 8.42. The summed E-state index contributed by atoms with van der Waals surface area (Å²) < 4.78 is 55.9. The Bertz CT molecular complexity index is 1030. The predicted octanol–water partition coefficient (Wildman–Crippen LogP) is 3.70. The number of benzene rings is 1. The monoisotopic (exact) mass is 511 g/mol. The Morgan fingerprint density at radius 3 is 2.24 bits per heavy atom. The number of hydrogen-bond acceptors (Lipinski definition) is 4. The molecule has 2 unspecified atom stereocenters. The lowest BCUT2D eigenvalue weighted by atomic mass is 9.80. The van der Waals surface area contributed by atoms with E-state index in [0.717, 1.165) is 44.1 Å². The smallest absolute Gasteiger partial charge is 0.215 e. The van der Waals surface area contributed by atoms with Crippen LogP contribution in [0.15, 0.2) is 30.3 Å². The van der Waals surface area contributed by atoms with Crippen LogP contribution in [-0.2, 0) is 26.7 Å². The van der Waals surface area contributed by atoms with E-state index in [-0.39, 0.29) is 0 Å². The maximum Gasteiger partial charge on any atom is 0.279 e. The van der Waals surface area contributed by atoms with Crippen molar-refractivity contribution in [3.05, 3.63) is 41.5 Å². The van der Waals surface area contributed by atoms with Crippen LogP contribution in [0.1, 0.15) is 70.4 Å². The van der Waals surface area contributed by atoms with Gasteiger partial charge in [0.25, 0.3) is 10.2 Å². The topological polar surface area (TPSA) is 95.6 Å². The van der Waals surface area contributed by atoms with Gasteiger partial charge < -0.3 is 0 Å². The van der Waals surface area contributed by atoms with Gasteiger partial charge in [0, 0.05) is 26.2 Å². The fourth-order valence-electron chi connectivity index (χ4n) is 4.62. The maximum atomic E-state index is 12.4. The molecule has 2 N–H and O–H groups in total. The lowest BCUT2D eigenvalue weighted by Gasteiger charge is -2.28. The van der Waals surface area contributed by atoms with Gasteiger partial charge in [0.2, 0.25) is 10.0 Å². The van der Waals surface area contributed by atoms with Crippen molar-refractivity contribution in [3.63, 3.8) is 0 Å². The summed E-state index contributed by atoms with van der Waals surface area (Å²) >= 11 is 0. The van der Waals surface area contributed by atoms with E-state index in [1.54, 1.807) is 18.2 Å². The van der Waals surface area contributed by atoms with Gasteiger partial charge in [0.05, 0.1) is 5.25 Å². The summed E-state index contributed by atoms with van der Waals surface area (Å²) in [6.45, 7) is 7.65. The highest BCUT2D eigenvalue weighted by Gasteiger charge is 2.24. The lowest BCUT2D eigenvalue weighted by Crippen LogP contribution is -2.43. The van der Waals surface area contributed by atoms with Crippen LogP contribution in [0.2, 0.25) is 0 Å². The number of piperidine rings is 1. The van der Waals surface area contributed by atoms with E-state index in [1.807, 2.05) is 0 Å². The molecule has 9 heteroatoms. The summed E-state index contributed by atoms with van der Waals surface area (Å²) in [4.78, 5) is 0. The Labute approximate surface area is 206 Å². The van der Waals surface area contributed by atoms with Gasteiger partial charge in [-0.15, -0.1) is 0 Å². The fourth-order valence-corrected chi connectivity index (χ4v) is 6.73. The third-order valence-corrected chi connectivity index (χ3v) is 10.6. The molecule has 34 heavy (non-hydrogen) atoms. The van der Waals surface area contributed by atoms with Crippen LogP contribution in [-0.4, -0.2) is 52.6 Å². The molecule has 0 bridgehead atoms. The van der Waals surface area contributed by atoms with E-state index in [1.165, 1.54) is 11.1 Å². The molecular formula is C25H41N3O4S2. The van der Waals surface area contributed by atoms with Crippen molar-refractivity contribution in [2.45, 2.75) is 71.0 Å². The van der Waals surface area contributed by atoms with Crippen LogP contribution in [0.3, 0.4) is 0 Å². The highest BCUT2D eigenvalue weighted by molar-refractivity contribution is 7.90. The Morgan fingerprint density at radius 1 is 0.971 bits per heavy atom. The van der Waals surface area contributed by atoms with Crippen molar-refractivity contribution < 1.29 is 16.8 Å². The molecule has 7 nitrogen and oxygen atoms in total. The summed E-state index contributed by atoms with van der Waals surface area (Å²) in [5.74, 6) is 0.772. The first kappa shape index (κ1) is 27.3. The summed E-state index contributed by atoms with van der Waals surface area (Å²) in [6.07, 6.45) is 8.94. The molecule has 2 atom stereocenters. The molecule has 1 saturated heterocycles. The lowest BCUT2D eigenvalue weighted by molar-refractivity contribution is 0.334. The van der Waals surface area contributed by atoms with Crippen LogP contribution in [0.25, 0.3) is 5.57 Å². The van der Waals surface area contributed by atoms with E-state index >= 15 is 0 Å². The van der Waals surface area contributed by atoms with Gasteiger partial charge in [-0.1, -0.05) is 43.7 Å². The zero-order valence-electron chi connectivity index (χ0n) is 20.8. The van der Waals surface area contributed by atoms with Crippen molar-refractivity contribution in [3.8, 4) is 0 Å². The van der Waals surface area contributed by atoms with Gasteiger partial charge >= 0.3 is 0 Å². The molecule has 0 aromatic heterocycles. The van der Waals surface area contributed by atoms with Gasteiger partial charge in [-0.05, 0) is 80.9 Å². The summed E-state index contributed by atoms with van der Waals surface area (Å²) in [5, 5.41) is -0.407. The molecule has 1 aromatic carbocycles. The first-order valence-electron chi connectivity index (χ1n) is 12.6. The van der Waals surface area contributed by atoms with Crippen LogP contribution >= 0.6 is 0 Å². The molecule has 2 aliphatic rings. The van der Waals surface area contributed by atoms with Crippen LogP contribution < -0.4 is 9.44 Å². The zero-order valence-corrected chi connectivity index (χ0v) is 22.4. The largest absolute Gasteiger partial charge is 0.279 e. The number of nitrogens with zero attached hydrogens (tertiary/aromatic N) is 1. The van der Waals surface area contributed by atoms with Gasteiger partial charge in [-0.3, -0.25) is 0 Å². The minimum absolute atomic E-state index is 0.294. The van der Waals surface area contributed by atoms with E-state index in [9.17, 15) is 16.8 Å². The maximum absolute atomic E-state index is 12.4. The van der Waals surface area contributed by atoms with Crippen LogP contribution in [0.5, 0.6) is 0 Å². The zero-order chi connectivity index (χ0) is 24.8. The third kappa shape index (κ3) is 7.62. The van der Waals surface area contributed by atoms with Crippen molar-refractivity contribution in [2.24, 2.45) is 11.8 Å². The first-order valence-corrected chi connectivity index (χ1v) is 15.6. The van der Waals surface area contributed by atoms with E-state index in [2.05, 4.69) is 46.7 Å². The van der Waals surface area contributed by atoms with Crippen LogP contribution in [0, 0.1) is 11.8 Å². The molecule has 1 aromatic rings. The second kappa shape index (κ2) is 12.1. The summed E-state index contributed by atoms with van der Waals surface area (Å²) in [5.41, 5.74) is 3.67. The van der Waals surface area contributed by atoms with Crippen molar-refractivity contribution in [1.82, 2.24) is 13.7 Å². The summed E-state index contributed by atoms with van der Waals surface area (Å²) in [7, 11) is -6.59. The molecule has 0 saturated carbocycles.